The van der Waals surface area contributed by atoms with E-state index in [4.69, 9.17) is 9.47 Å². The van der Waals surface area contributed by atoms with Gasteiger partial charge < -0.3 is 19.5 Å². The van der Waals surface area contributed by atoms with Gasteiger partial charge in [-0.1, -0.05) is 22.0 Å². The van der Waals surface area contributed by atoms with Gasteiger partial charge in [0.15, 0.2) is 11.5 Å². The average Bonchev–Trinajstić information content (AvgIpc) is 2.68. The summed E-state index contributed by atoms with van der Waals surface area (Å²) in [5.74, 6) is 0.279. The Balaban J connectivity index is 2.02. The fourth-order valence-electron chi connectivity index (χ4n) is 2.27. The monoisotopic (exact) mass is 422 g/mol. The fourth-order valence-corrected chi connectivity index (χ4v) is 2.79. The molecule has 0 radical (unpaired) electrons. The standard InChI is InChI=1S/C18H19BrN2O5/c1-24-15-9-11(12(19)10-16(15)25-2)7-8-20-17(22)13-5-4-6-14(21-13)18(23)26-3/h4-6,9-10H,7-8H2,1-3H3,(H,20,22). The summed E-state index contributed by atoms with van der Waals surface area (Å²) in [6, 6.07) is 8.28. The Labute approximate surface area is 159 Å². The molecule has 0 aliphatic rings. The highest BCUT2D eigenvalue weighted by atomic mass is 79.9. The summed E-state index contributed by atoms with van der Waals surface area (Å²) in [7, 11) is 4.40. The zero-order valence-electron chi connectivity index (χ0n) is 14.7. The van der Waals surface area contributed by atoms with Crippen LogP contribution in [0.5, 0.6) is 11.5 Å². The molecule has 1 N–H and O–H groups in total. The van der Waals surface area contributed by atoms with E-state index in [9.17, 15) is 9.59 Å². The van der Waals surface area contributed by atoms with Gasteiger partial charge in [-0.05, 0) is 36.2 Å². The number of ether oxygens (including phenoxy) is 3. The number of halogens is 1. The zero-order valence-corrected chi connectivity index (χ0v) is 16.3. The van der Waals surface area contributed by atoms with Crippen molar-refractivity contribution < 1.29 is 23.8 Å². The minimum Gasteiger partial charge on any atom is -0.493 e. The number of nitrogens with one attached hydrogen (secondary N) is 1. The average molecular weight is 423 g/mol. The first-order valence-corrected chi connectivity index (χ1v) is 8.53. The van der Waals surface area contributed by atoms with Crippen molar-refractivity contribution in [2.24, 2.45) is 0 Å². The molecular formula is C18H19BrN2O5. The van der Waals surface area contributed by atoms with Crippen LogP contribution in [0, 0.1) is 0 Å². The van der Waals surface area contributed by atoms with Crippen LogP contribution in [0.4, 0.5) is 0 Å². The number of carbonyl (C=O) groups excluding carboxylic acids is 2. The van der Waals surface area contributed by atoms with Gasteiger partial charge in [-0.3, -0.25) is 4.79 Å². The van der Waals surface area contributed by atoms with E-state index < -0.39 is 5.97 Å². The number of pyridine rings is 1. The van der Waals surface area contributed by atoms with Crippen LogP contribution in [-0.4, -0.2) is 44.7 Å². The van der Waals surface area contributed by atoms with Gasteiger partial charge in [0.1, 0.15) is 11.4 Å². The van der Waals surface area contributed by atoms with Gasteiger partial charge >= 0.3 is 5.97 Å². The third-order valence-electron chi connectivity index (χ3n) is 3.61. The number of amides is 1. The zero-order chi connectivity index (χ0) is 19.1. The molecule has 0 spiro atoms. The number of carbonyl (C=O) groups is 2. The summed E-state index contributed by atoms with van der Waals surface area (Å²) < 4.78 is 16.0. The summed E-state index contributed by atoms with van der Waals surface area (Å²) in [6.45, 7) is 0.386. The third-order valence-corrected chi connectivity index (χ3v) is 4.35. The molecule has 0 fully saturated rings. The molecular weight excluding hydrogens is 404 g/mol. The van der Waals surface area contributed by atoms with Crippen molar-refractivity contribution in [1.29, 1.82) is 0 Å². The van der Waals surface area contributed by atoms with E-state index in [0.29, 0.717) is 24.5 Å². The molecule has 8 heteroatoms. The Morgan fingerprint density at radius 3 is 2.38 bits per heavy atom. The van der Waals surface area contributed by atoms with Crippen LogP contribution in [0.25, 0.3) is 0 Å². The quantitative estimate of drug-likeness (QED) is 0.690. The maximum atomic E-state index is 12.2. The van der Waals surface area contributed by atoms with E-state index in [2.05, 4.69) is 31.0 Å². The minimum atomic E-state index is -0.589. The van der Waals surface area contributed by atoms with Crippen LogP contribution in [0.1, 0.15) is 26.5 Å². The summed E-state index contributed by atoms with van der Waals surface area (Å²) in [5.41, 5.74) is 1.20. The lowest BCUT2D eigenvalue weighted by atomic mass is 10.1. The van der Waals surface area contributed by atoms with Gasteiger partial charge in [-0.15, -0.1) is 0 Å². The van der Waals surface area contributed by atoms with Crippen LogP contribution in [0.3, 0.4) is 0 Å². The third kappa shape index (κ3) is 4.72. The smallest absolute Gasteiger partial charge is 0.356 e. The highest BCUT2D eigenvalue weighted by Gasteiger charge is 2.13. The Morgan fingerprint density at radius 2 is 1.73 bits per heavy atom. The van der Waals surface area contributed by atoms with Crippen molar-refractivity contribution in [2.45, 2.75) is 6.42 Å². The van der Waals surface area contributed by atoms with Crippen molar-refractivity contribution in [3.05, 3.63) is 51.8 Å². The molecule has 138 valence electrons. The second-order valence-corrected chi connectivity index (χ2v) is 6.06. The van der Waals surface area contributed by atoms with Crippen molar-refractivity contribution in [3.8, 4) is 11.5 Å². The van der Waals surface area contributed by atoms with Gasteiger partial charge in [-0.2, -0.15) is 0 Å². The van der Waals surface area contributed by atoms with Crippen molar-refractivity contribution in [3.63, 3.8) is 0 Å². The van der Waals surface area contributed by atoms with Crippen LogP contribution in [0.2, 0.25) is 0 Å². The predicted octanol–water partition coefficient (Wildman–Crippen LogP) is 2.62. The molecule has 0 unspecified atom stereocenters. The van der Waals surface area contributed by atoms with E-state index in [1.54, 1.807) is 20.3 Å². The molecule has 0 saturated heterocycles. The largest absolute Gasteiger partial charge is 0.493 e. The molecule has 0 aliphatic heterocycles. The van der Waals surface area contributed by atoms with Crippen LogP contribution in [0.15, 0.2) is 34.8 Å². The van der Waals surface area contributed by atoms with Crippen molar-refractivity contribution in [2.75, 3.05) is 27.9 Å². The molecule has 0 aliphatic carbocycles. The van der Waals surface area contributed by atoms with E-state index in [1.165, 1.54) is 19.2 Å². The van der Waals surface area contributed by atoms with E-state index in [0.717, 1.165) is 10.0 Å². The van der Waals surface area contributed by atoms with Gasteiger partial charge in [0, 0.05) is 11.0 Å². The Bertz CT molecular complexity index is 810. The maximum Gasteiger partial charge on any atom is 0.356 e. The minimum absolute atomic E-state index is 0.0859. The summed E-state index contributed by atoms with van der Waals surface area (Å²) in [4.78, 5) is 27.7. The highest BCUT2D eigenvalue weighted by molar-refractivity contribution is 9.10. The number of hydrogen-bond donors (Lipinski definition) is 1. The lowest BCUT2D eigenvalue weighted by Gasteiger charge is -2.12. The molecule has 26 heavy (non-hydrogen) atoms. The first kappa shape index (κ1) is 19.7. The molecule has 0 bridgehead atoms. The first-order chi connectivity index (χ1) is 12.5. The lowest BCUT2D eigenvalue weighted by Crippen LogP contribution is -2.27. The Hall–Kier alpha value is -2.61. The summed E-state index contributed by atoms with van der Waals surface area (Å²) >= 11 is 3.48. The second-order valence-electron chi connectivity index (χ2n) is 5.20. The van der Waals surface area contributed by atoms with Gasteiger partial charge in [0.25, 0.3) is 5.91 Å². The lowest BCUT2D eigenvalue weighted by molar-refractivity contribution is 0.0594. The molecule has 2 aromatic rings. The number of benzene rings is 1. The molecule has 0 saturated carbocycles. The number of esters is 1. The van der Waals surface area contributed by atoms with Crippen LogP contribution >= 0.6 is 15.9 Å². The highest BCUT2D eigenvalue weighted by Crippen LogP contribution is 2.33. The van der Waals surface area contributed by atoms with Gasteiger partial charge in [0.05, 0.1) is 21.3 Å². The van der Waals surface area contributed by atoms with Crippen molar-refractivity contribution in [1.82, 2.24) is 10.3 Å². The van der Waals surface area contributed by atoms with Crippen LogP contribution in [-0.2, 0) is 11.2 Å². The molecule has 7 nitrogen and oxygen atoms in total. The molecule has 1 aromatic carbocycles. The van der Waals surface area contributed by atoms with Gasteiger partial charge in [-0.25, -0.2) is 9.78 Å². The number of aromatic nitrogens is 1. The first-order valence-electron chi connectivity index (χ1n) is 7.74. The molecule has 1 amide bonds. The summed E-state index contributed by atoms with van der Waals surface area (Å²) in [5, 5.41) is 2.78. The Kier molecular flexibility index (Phi) is 6.97. The van der Waals surface area contributed by atoms with E-state index in [-0.39, 0.29) is 17.3 Å². The number of nitrogens with zero attached hydrogens (tertiary/aromatic N) is 1. The van der Waals surface area contributed by atoms with E-state index in [1.807, 2.05) is 12.1 Å². The SMILES string of the molecule is COC(=O)c1cccc(C(=O)NCCc2cc(OC)c(OC)cc2Br)n1. The Morgan fingerprint density at radius 1 is 1.08 bits per heavy atom. The molecule has 1 heterocycles. The maximum absolute atomic E-state index is 12.2. The topological polar surface area (TPSA) is 86.8 Å². The predicted molar refractivity (Wildman–Crippen MR) is 98.9 cm³/mol. The normalized spacial score (nSPS) is 10.2. The number of hydrogen-bond acceptors (Lipinski definition) is 6. The molecule has 2 rings (SSSR count). The second kappa shape index (κ2) is 9.19. The molecule has 0 atom stereocenters. The number of rotatable bonds is 7. The summed E-state index contributed by atoms with van der Waals surface area (Å²) in [6.07, 6.45) is 0.573. The van der Waals surface area contributed by atoms with Crippen LogP contribution < -0.4 is 14.8 Å². The van der Waals surface area contributed by atoms with Crippen molar-refractivity contribution >= 4 is 27.8 Å². The number of methoxy groups -OCH3 is 3. The van der Waals surface area contributed by atoms with Gasteiger partial charge in [0.2, 0.25) is 0 Å². The van der Waals surface area contributed by atoms with E-state index >= 15 is 0 Å². The fraction of sp³-hybridized carbons (Fsp3) is 0.278. The molecule has 1 aromatic heterocycles.